The molecule has 10 nitrogen and oxygen atoms in total. The Balaban J connectivity index is 1.35. The maximum absolute atomic E-state index is 13.4. The van der Waals surface area contributed by atoms with Gasteiger partial charge in [0.15, 0.2) is 23.0 Å². The lowest BCUT2D eigenvalue weighted by Gasteiger charge is -2.21. The van der Waals surface area contributed by atoms with E-state index in [2.05, 4.69) is 24.9 Å². The number of hydrogen-bond acceptors (Lipinski definition) is 8. The minimum absolute atomic E-state index is 0.188. The number of H-pyrrole nitrogens is 1. The quantitative estimate of drug-likeness (QED) is 0.235. The van der Waals surface area contributed by atoms with Crippen molar-refractivity contribution in [1.82, 2.24) is 39.5 Å². The molecule has 5 aromatic rings. The third-order valence-electron chi connectivity index (χ3n) is 7.38. The van der Waals surface area contributed by atoms with Crippen molar-refractivity contribution in [2.75, 3.05) is 19.1 Å². The number of fused-ring (bicyclic) bond motifs is 1. The van der Waals surface area contributed by atoms with E-state index in [1.54, 1.807) is 18.0 Å². The second-order valence-electron chi connectivity index (χ2n) is 10.8. The molecule has 42 heavy (non-hydrogen) atoms. The molecule has 1 aliphatic carbocycles. The van der Waals surface area contributed by atoms with Gasteiger partial charge in [0.2, 0.25) is 5.88 Å². The van der Waals surface area contributed by atoms with Crippen LogP contribution in [0.4, 0.5) is 19.0 Å². The zero-order chi connectivity index (χ0) is 29.8. The van der Waals surface area contributed by atoms with E-state index in [0.29, 0.717) is 58.1 Å². The van der Waals surface area contributed by atoms with Gasteiger partial charge in [-0.25, -0.2) is 29.9 Å². The summed E-state index contributed by atoms with van der Waals surface area (Å²) in [6.45, 7) is 6.01. The van der Waals surface area contributed by atoms with Gasteiger partial charge in [-0.05, 0) is 44.7 Å². The summed E-state index contributed by atoms with van der Waals surface area (Å²) in [6, 6.07) is 5.50. The number of imidazole rings is 2. The lowest BCUT2D eigenvalue weighted by Crippen LogP contribution is -2.19. The lowest BCUT2D eigenvalue weighted by molar-refractivity contribution is -0.140. The second kappa shape index (κ2) is 10.4. The van der Waals surface area contributed by atoms with E-state index in [1.165, 1.54) is 6.33 Å². The average molecular weight is 578 g/mol. The van der Waals surface area contributed by atoms with Crippen molar-refractivity contribution in [3.63, 3.8) is 0 Å². The van der Waals surface area contributed by atoms with E-state index in [4.69, 9.17) is 14.7 Å². The molecule has 0 unspecified atom stereocenters. The van der Waals surface area contributed by atoms with Gasteiger partial charge in [-0.2, -0.15) is 13.2 Å². The van der Waals surface area contributed by atoms with Crippen LogP contribution in [0.15, 0.2) is 37.1 Å². The van der Waals surface area contributed by atoms with Gasteiger partial charge < -0.3 is 19.2 Å². The highest BCUT2D eigenvalue weighted by Gasteiger charge is 2.35. The van der Waals surface area contributed by atoms with Gasteiger partial charge in [-0.15, -0.1) is 0 Å². The lowest BCUT2D eigenvalue weighted by atomic mass is 10.0. The summed E-state index contributed by atoms with van der Waals surface area (Å²) in [5.74, 6) is 2.09. The molecule has 0 radical (unpaired) electrons. The molecule has 0 saturated heterocycles. The SMILES string of the molecule is COc1ncnc(C2CC2)c1-c1nc(N(C)Cc2ccc(-c3nc(C(F)(F)F)cn3C(C)C)c(C)c2)c2[nH]cnc2n1. The summed E-state index contributed by atoms with van der Waals surface area (Å²) in [4.78, 5) is 31.9. The number of hydrogen-bond donors (Lipinski definition) is 1. The smallest absolute Gasteiger partial charge is 0.434 e. The van der Waals surface area contributed by atoms with Crippen LogP contribution in [0.25, 0.3) is 33.9 Å². The zero-order valence-corrected chi connectivity index (χ0v) is 23.9. The molecule has 0 bridgehead atoms. The number of nitrogens with one attached hydrogen (secondary N) is 1. The Kier molecular flexibility index (Phi) is 6.82. The van der Waals surface area contributed by atoms with E-state index in [-0.39, 0.29) is 6.04 Å². The number of halogens is 3. The Morgan fingerprint density at radius 2 is 1.90 bits per heavy atom. The second-order valence-corrected chi connectivity index (χ2v) is 10.8. The van der Waals surface area contributed by atoms with Crippen LogP contribution in [-0.2, 0) is 12.7 Å². The molecular weight excluding hydrogens is 547 g/mol. The van der Waals surface area contributed by atoms with Crippen molar-refractivity contribution in [1.29, 1.82) is 0 Å². The molecule has 1 saturated carbocycles. The number of aryl methyl sites for hydroxylation is 1. The Hall–Kier alpha value is -4.55. The van der Waals surface area contributed by atoms with Crippen molar-refractivity contribution in [2.24, 2.45) is 0 Å². The van der Waals surface area contributed by atoms with Crippen LogP contribution in [0.2, 0.25) is 0 Å². The van der Waals surface area contributed by atoms with Crippen LogP contribution in [0.3, 0.4) is 0 Å². The molecule has 0 atom stereocenters. The maximum atomic E-state index is 13.4. The largest absolute Gasteiger partial charge is 0.480 e. The molecule has 6 rings (SSSR count). The predicted octanol–water partition coefficient (Wildman–Crippen LogP) is 6.10. The number of benzene rings is 1. The fourth-order valence-electron chi connectivity index (χ4n) is 5.17. The number of ether oxygens (including phenoxy) is 1. The number of aromatic nitrogens is 8. The topological polar surface area (TPSA) is 111 Å². The highest BCUT2D eigenvalue weighted by atomic mass is 19.4. The van der Waals surface area contributed by atoms with Crippen molar-refractivity contribution in [2.45, 2.75) is 58.3 Å². The Morgan fingerprint density at radius 1 is 1.12 bits per heavy atom. The molecule has 4 aromatic heterocycles. The third-order valence-corrected chi connectivity index (χ3v) is 7.38. The van der Waals surface area contributed by atoms with Crippen LogP contribution in [-0.4, -0.2) is 53.6 Å². The van der Waals surface area contributed by atoms with Crippen LogP contribution in [0, 0.1) is 6.92 Å². The van der Waals surface area contributed by atoms with Crippen LogP contribution >= 0.6 is 0 Å². The molecule has 4 heterocycles. The van der Waals surface area contributed by atoms with Gasteiger partial charge in [0.1, 0.15) is 23.2 Å². The van der Waals surface area contributed by atoms with Gasteiger partial charge in [-0.3, -0.25) is 0 Å². The van der Waals surface area contributed by atoms with Gasteiger partial charge >= 0.3 is 6.18 Å². The number of rotatable bonds is 8. The predicted molar refractivity (Wildman–Crippen MR) is 151 cm³/mol. The number of nitrogens with zero attached hydrogens (tertiary/aromatic N) is 8. The first-order valence-corrected chi connectivity index (χ1v) is 13.6. The van der Waals surface area contributed by atoms with Gasteiger partial charge in [0.25, 0.3) is 0 Å². The molecule has 218 valence electrons. The van der Waals surface area contributed by atoms with E-state index in [1.807, 2.05) is 50.9 Å². The number of alkyl halides is 3. The Labute approximate surface area is 240 Å². The van der Waals surface area contributed by atoms with Gasteiger partial charge in [0, 0.05) is 37.3 Å². The number of aromatic amines is 1. The molecule has 0 amide bonds. The van der Waals surface area contributed by atoms with Gasteiger partial charge in [-0.1, -0.05) is 18.2 Å². The van der Waals surface area contributed by atoms with Crippen molar-refractivity contribution < 1.29 is 17.9 Å². The first-order chi connectivity index (χ1) is 20.0. The fraction of sp³-hybridized carbons (Fsp3) is 0.379. The first kappa shape index (κ1) is 27.6. The highest BCUT2D eigenvalue weighted by molar-refractivity contribution is 5.86. The fourth-order valence-corrected chi connectivity index (χ4v) is 5.17. The molecule has 13 heteroatoms. The first-order valence-electron chi connectivity index (χ1n) is 13.6. The molecule has 0 spiro atoms. The van der Waals surface area contributed by atoms with Crippen molar-refractivity contribution >= 4 is 17.0 Å². The third kappa shape index (κ3) is 5.03. The highest BCUT2D eigenvalue weighted by Crippen LogP contribution is 2.45. The minimum Gasteiger partial charge on any atom is -0.480 e. The van der Waals surface area contributed by atoms with Crippen molar-refractivity contribution in [3.05, 3.63) is 59.6 Å². The van der Waals surface area contributed by atoms with Crippen LogP contribution in [0.1, 0.15) is 61.2 Å². The van der Waals surface area contributed by atoms with Gasteiger partial charge in [0.05, 0.1) is 19.1 Å². The Morgan fingerprint density at radius 3 is 2.57 bits per heavy atom. The standard InChI is InChI=1S/C29H30F3N9O/c1-15(2)41-12-20(29(30,31)32)37-26(41)19-9-6-17(10-16(19)3)11-40(4)27-23-25(35-13-34-23)38-24(39-27)21-22(18-7-8-18)33-14-36-28(21)42-5/h6,9-10,12-15,18H,7-8,11H2,1-5H3,(H,34,35,38,39). The number of methoxy groups -OCH3 is 1. The average Bonchev–Trinajstić information content (AvgIpc) is 3.50. The summed E-state index contributed by atoms with van der Waals surface area (Å²) in [6.07, 6.45) is 1.70. The summed E-state index contributed by atoms with van der Waals surface area (Å²) >= 11 is 0. The van der Waals surface area contributed by atoms with E-state index in [0.717, 1.165) is 35.9 Å². The maximum Gasteiger partial charge on any atom is 0.434 e. The van der Waals surface area contributed by atoms with Crippen molar-refractivity contribution in [3.8, 4) is 28.7 Å². The normalized spacial score (nSPS) is 13.7. The summed E-state index contributed by atoms with van der Waals surface area (Å²) in [7, 11) is 3.48. The summed E-state index contributed by atoms with van der Waals surface area (Å²) in [5, 5.41) is 0. The molecule has 1 fully saturated rings. The van der Waals surface area contributed by atoms with E-state index < -0.39 is 11.9 Å². The molecule has 0 aliphatic heterocycles. The molecule has 1 aromatic carbocycles. The molecular formula is C29H30F3N9O. The van der Waals surface area contributed by atoms with E-state index in [9.17, 15) is 13.2 Å². The van der Waals surface area contributed by atoms with E-state index >= 15 is 0 Å². The van der Waals surface area contributed by atoms with Crippen LogP contribution < -0.4 is 9.64 Å². The molecule has 1 aliphatic rings. The minimum atomic E-state index is -4.52. The summed E-state index contributed by atoms with van der Waals surface area (Å²) < 4.78 is 47.5. The monoisotopic (exact) mass is 577 g/mol. The molecule has 1 N–H and O–H groups in total. The zero-order valence-electron chi connectivity index (χ0n) is 23.9. The number of anilines is 1. The Bertz CT molecular complexity index is 1770. The summed E-state index contributed by atoms with van der Waals surface area (Å²) in [5.41, 5.74) is 4.23. The van der Waals surface area contributed by atoms with Crippen LogP contribution in [0.5, 0.6) is 5.88 Å².